The third kappa shape index (κ3) is 2.44. The Labute approximate surface area is 120 Å². The van der Waals surface area contributed by atoms with Crippen molar-refractivity contribution in [3.63, 3.8) is 0 Å². The zero-order valence-electron chi connectivity index (χ0n) is 11.3. The fourth-order valence-corrected chi connectivity index (χ4v) is 2.74. The van der Waals surface area contributed by atoms with Crippen LogP contribution in [0.25, 0.3) is 11.2 Å². The Kier molecular flexibility index (Phi) is 3.51. The summed E-state index contributed by atoms with van der Waals surface area (Å²) in [6.07, 6.45) is 1.63. The number of hydrogen-bond donors (Lipinski definition) is 3. The second-order valence-corrected chi connectivity index (χ2v) is 5.23. The Morgan fingerprint density at radius 1 is 1.40 bits per heavy atom. The van der Waals surface area contributed by atoms with Crippen LogP contribution in [0.1, 0.15) is 25.5 Å². The molecular formula is C13H16N6S. The first-order valence-corrected chi connectivity index (χ1v) is 7.46. The van der Waals surface area contributed by atoms with Crippen molar-refractivity contribution in [1.82, 2.24) is 19.9 Å². The van der Waals surface area contributed by atoms with E-state index in [9.17, 15) is 0 Å². The molecule has 3 aromatic heterocycles. The lowest BCUT2D eigenvalue weighted by Gasteiger charge is -2.14. The van der Waals surface area contributed by atoms with Gasteiger partial charge in [-0.2, -0.15) is 21.3 Å². The standard InChI is InChI=1S/C13H16N6S/c1-3-14-13-18-11-10(15-7-16-11)12(19-13)17-8(2)9-4-5-20-6-9/h4-8H,3H2,1-2H3,(H3,14,15,16,17,18,19). The number of anilines is 2. The number of nitrogens with one attached hydrogen (secondary N) is 3. The second kappa shape index (κ2) is 5.46. The van der Waals surface area contributed by atoms with Gasteiger partial charge in [0.2, 0.25) is 5.95 Å². The Morgan fingerprint density at radius 3 is 3.05 bits per heavy atom. The molecule has 0 saturated heterocycles. The Morgan fingerprint density at radius 2 is 2.30 bits per heavy atom. The lowest BCUT2D eigenvalue weighted by Crippen LogP contribution is -2.10. The van der Waals surface area contributed by atoms with Gasteiger partial charge in [-0.3, -0.25) is 0 Å². The molecule has 3 heterocycles. The van der Waals surface area contributed by atoms with Crippen LogP contribution in [0.15, 0.2) is 23.2 Å². The minimum absolute atomic E-state index is 0.178. The van der Waals surface area contributed by atoms with Gasteiger partial charge in [0.1, 0.15) is 5.52 Å². The van der Waals surface area contributed by atoms with Gasteiger partial charge in [0.25, 0.3) is 0 Å². The van der Waals surface area contributed by atoms with E-state index in [1.54, 1.807) is 17.7 Å². The molecule has 20 heavy (non-hydrogen) atoms. The third-order valence-electron chi connectivity index (χ3n) is 3.02. The van der Waals surface area contributed by atoms with E-state index < -0.39 is 0 Å². The molecule has 3 aromatic rings. The van der Waals surface area contributed by atoms with Gasteiger partial charge in [-0.15, -0.1) is 0 Å². The lowest BCUT2D eigenvalue weighted by molar-refractivity contribution is 0.880. The average Bonchev–Trinajstić information content (AvgIpc) is 3.10. The molecule has 0 spiro atoms. The number of hydrogen-bond acceptors (Lipinski definition) is 6. The highest BCUT2D eigenvalue weighted by atomic mass is 32.1. The summed E-state index contributed by atoms with van der Waals surface area (Å²) in [6.45, 7) is 4.90. The summed E-state index contributed by atoms with van der Waals surface area (Å²) < 4.78 is 0. The summed E-state index contributed by atoms with van der Waals surface area (Å²) in [6, 6.07) is 2.29. The quantitative estimate of drug-likeness (QED) is 0.672. The van der Waals surface area contributed by atoms with Crippen molar-refractivity contribution in [2.24, 2.45) is 0 Å². The largest absolute Gasteiger partial charge is 0.362 e. The van der Waals surface area contributed by atoms with Crippen LogP contribution < -0.4 is 10.6 Å². The van der Waals surface area contributed by atoms with E-state index in [0.717, 1.165) is 17.9 Å². The molecular weight excluding hydrogens is 272 g/mol. The highest BCUT2D eigenvalue weighted by molar-refractivity contribution is 7.07. The SMILES string of the molecule is CCNc1nc(NC(C)c2ccsc2)c2[nH]cnc2n1. The number of H-pyrrole nitrogens is 1. The first-order valence-electron chi connectivity index (χ1n) is 6.51. The van der Waals surface area contributed by atoms with Crippen LogP contribution in [0, 0.1) is 0 Å². The van der Waals surface area contributed by atoms with Crippen LogP contribution in [-0.2, 0) is 0 Å². The van der Waals surface area contributed by atoms with Crippen LogP contribution in [0.2, 0.25) is 0 Å². The van der Waals surface area contributed by atoms with E-state index >= 15 is 0 Å². The van der Waals surface area contributed by atoms with Gasteiger partial charge in [0.05, 0.1) is 12.4 Å². The van der Waals surface area contributed by atoms with E-state index in [1.165, 1.54) is 5.56 Å². The van der Waals surface area contributed by atoms with Crippen molar-refractivity contribution in [3.8, 4) is 0 Å². The molecule has 0 aliphatic heterocycles. The minimum atomic E-state index is 0.178. The summed E-state index contributed by atoms with van der Waals surface area (Å²) in [7, 11) is 0. The molecule has 6 nitrogen and oxygen atoms in total. The van der Waals surface area contributed by atoms with Crippen molar-refractivity contribution in [3.05, 3.63) is 28.7 Å². The minimum Gasteiger partial charge on any atom is -0.362 e. The van der Waals surface area contributed by atoms with E-state index in [1.807, 2.05) is 6.92 Å². The summed E-state index contributed by atoms with van der Waals surface area (Å²) in [5, 5.41) is 10.7. The molecule has 0 aliphatic rings. The zero-order valence-corrected chi connectivity index (χ0v) is 12.2. The molecule has 1 unspecified atom stereocenters. The number of aromatic amines is 1. The van der Waals surface area contributed by atoms with E-state index in [-0.39, 0.29) is 6.04 Å². The molecule has 3 rings (SSSR count). The fourth-order valence-electron chi connectivity index (χ4n) is 1.98. The van der Waals surface area contributed by atoms with Crippen molar-refractivity contribution >= 4 is 34.3 Å². The molecule has 0 radical (unpaired) electrons. The number of rotatable bonds is 5. The van der Waals surface area contributed by atoms with Crippen LogP contribution in [0.4, 0.5) is 11.8 Å². The van der Waals surface area contributed by atoms with Gasteiger partial charge in [0, 0.05) is 6.54 Å². The third-order valence-corrected chi connectivity index (χ3v) is 3.72. The molecule has 3 N–H and O–H groups in total. The van der Waals surface area contributed by atoms with Gasteiger partial charge in [0.15, 0.2) is 11.5 Å². The van der Waals surface area contributed by atoms with Crippen molar-refractivity contribution in [2.75, 3.05) is 17.2 Å². The smallest absolute Gasteiger partial charge is 0.226 e. The summed E-state index contributed by atoms with van der Waals surface area (Å²) in [5.41, 5.74) is 2.73. The lowest BCUT2D eigenvalue weighted by atomic mass is 10.2. The molecule has 0 aliphatic carbocycles. The van der Waals surface area contributed by atoms with Crippen molar-refractivity contribution in [2.45, 2.75) is 19.9 Å². The number of fused-ring (bicyclic) bond motifs is 1. The van der Waals surface area contributed by atoms with E-state index in [2.05, 4.69) is 54.3 Å². The number of thiophene rings is 1. The van der Waals surface area contributed by atoms with Crippen molar-refractivity contribution in [1.29, 1.82) is 0 Å². The topological polar surface area (TPSA) is 78.5 Å². The predicted octanol–water partition coefficient (Wildman–Crippen LogP) is 3.02. The summed E-state index contributed by atoms with van der Waals surface area (Å²) in [4.78, 5) is 16.2. The van der Waals surface area contributed by atoms with Crippen LogP contribution in [-0.4, -0.2) is 26.5 Å². The molecule has 0 saturated carbocycles. The molecule has 1 atom stereocenters. The number of aromatic nitrogens is 4. The van der Waals surface area contributed by atoms with Crippen LogP contribution in [0.5, 0.6) is 0 Å². The Hall–Kier alpha value is -2.15. The summed E-state index contributed by atoms with van der Waals surface area (Å²) >= 11 is 1.69. The second-order valence-electron chi connectivity index (χ2n) is 4.45. The predicted molar refractivity (Wildman–Crippen MR) is 82.2 cm³/mol. The average molecular weight is 288 g/mol. The highest BCUT2D eigenvalue weighted by Gasteiger charge is 2.13. The van der Waals surface area contributed by atoms with Crippen LogP contribution >= 0.6 is 11.3 Å². The van der Waals surface area contributed by atoms with E-state index in [0.29, 0.717) is 11.6 Å². The number of imidazole rings is 1. The maximum Gasteiger partial charge on any atom is 0.226 e. The Balaban J connectivity index is 1.94. The monoisotopic (exact) mass is 288 g/mol. The van der Waals surface area contributed by atoms with Crippen molar-refractivity contribution < 1.29 is 0 Å². The van der Waals surface area contributed by atoms with Gasteiger partial charge in [-0.1, -0.05) is 0 Å². The molecule has 7 heteroatoms. The molecule has 0 aromatic carbocycles. The number of nitrogens with zero attached hydrogens (tertiary/aromatic N) is 3. The first-order chi connectivity index (χ1) is 9.78. The maximum atomic E-state index is 4.51. The van der Waals surface area contributed by atoms with E-state index in [4.69, 9.17) is 0 Å². The molecule has 0 fully saturated rings. The molecule has 104 valence electrons. The van der Waals surface area contributed by atoms with Gasteiger partial charge < -0.3 is 15.6 Å². The molecule has 0 amide bonds. The highest BCUT2D eigenvalue weighted by Crippen LogP contribution is 2.24. The Bertz CT molecular complexity index is 690. The fraction of sp³-hybridized carbons (Fsp3) is 0.308. The van der Waals surface area contributed by atoms with Gasteiger partial charge >= 0.3 is 0 Å². The molecule has 0 bridgehead atoms. The van der Waals surface area contributed by atoms with Crippen LogP contribution in [0.3, 0.4) is 0 Å². The maximum absolute atomic E-state index is 4.51. The van der Waals surface area contributed by atoms with Gasteiger partial charge in [-0.05, 0) is 36.2 Å². The normalized spacial score (nSPS) is 12.5. The summed E-state index contributed by atoms with van der Waals surface area (Å²) in [5.74, 6) is 1.36. The zero-order chi connectivity index (χ0) is 13.9. The van der Waals surface area contributed by atoms with Gasteiger partial charge in [-0.25, -0.2) is 4.98 Å². The first kappa shape index (κ1) is 12.9.